The lowest BCUT2D eigenvalue weighted by Crippen LogP contribution is -2.56. The van der Waals surface area contributed by atoms with Crippen LogP contribution in [0.25, 0.3) is 21.5 Å². The number of fused-ring (bicyclic) bond motifs is 3. The third-order valence-electron chi connectivity index (χ3n) is 10.2. The minimum Gasteiger partial charge on any atom is -0.461 e. The van der Waals surface area contributed by atoms with Gasteiger partial charge in [0.2, 0.25) is 0 Å². The molecule has 0 aromatic heterocycles. The molecule has 0 heterocycles. The monoisotopic (exact) mass is 544 g/mol. The van der Waals surface area contributed by atoms with Crippen LogP contribution in [-0.2, 0) is 24.7 Å². The standard InChI is InChI=1S/C34H40O4S/c1-6-33(2,3)32(36)37-30-22-13-20-14-23(30)16-21(15-22)29(20)31(35)38-34(4,5)24-11-12-26-25-10-8-7-9-19(25)17-28(39)27(26)18-24/h7-12,17-18,20-23,29-30,39H,6,13-16H2,1-5H3. The summed E-state index contributed by atoms with van der Waals surface area (Å²) in [5.41, 5.74) is -0.227. The number of hydrogen-bond acceptors (Lipinski definition) is 5. The Kier molecular flexibility index (Phi) is 6.53. The van der Waals surface area contributed by atoms with Crippen molar-refractivity contribution in [3.8, 4) is 0 Å². The first kappa shape index (κ1) is 26.7. The number of thiol groups is 1. The van der Waals surface area contributed by atoms with E-state index in [1.54, 1.807) is 0 Å². The molecular weight excluding hydrogens is 504 g/mol. The van der Waals surface area contributed by atoms with Crippen LogP contribution >= 0.6 is 12.6 Å². The predicted molar refractivity (Wildman–Crippen MR) is 158 cm³/mol. The first-order valence-electron chi connectivity index (χ1n) is 14.6. The molecule has 4 bridgehead atoms. The molecule has 0 atom stereocenters. The van der Waals surface area contributed by atoms with Crippen molar-refractivity contribution in [3.63, 3.8) is 0 Å². The molecule has 7 rings (SSSR count). The third-order valence-corrected chi connectivity index (χ3v) is 10.6. The minimum atomic E-state index is -0.754. The quantitative estimate of drug-likeness (QED) is 0.194. The maximum Gasteiger partial charge on any atom is 0.311 e. The Morgan fingerprint density at radius 2 is 1.49 bits per heavy atom. The lowest BCUT2D eigenvalue weighted by molar-refractivity contribution is -0.198. The Balaban J connectivity index is 1.18. The molecule has 4 fully saturated rings. The molecule has 4 aliphatic carbocycles. The van der Waals surface area contributed by atoms with Crippen molar-refractivity contribution in [3.05, 3.63) is 54.1 Å². The molecule has 5 heteroatoms. The van der Waals surface area contributed by atoms with E-state index in [4.69, 9.17) is 22.1 Å². The van der Waals surface area contributed by atoms with Gasteiger partial charge in [0.1, 0.15) is 11.7 Å². The van der Waals surface area contributed by atoms with Gasteiger partial charge >= 0.3 is 11.9 Å². The Labute approximate surface area is 237 Å². The molecule has 206 valence electrons. The zero-order valence-corrected chi connectivity index (χ0v) is 24.6. The van der Waals surface area contributed by atoms with Crippen LogP contribution in [0.3, 0.4) is 0 Å². The summed E-state index contributed by atoms with van der Waals surface area (Å²) in [5, 5.41) is 4.59. The second-order valence-corrected chi connectivity index (χ2v) is 13.9. The molecule has 0 unspecified atom stereocenters. The zero-order chi connectivity index (χ0) is 27.7. The van der Waals surface area contributed by atoms with Gasteiger partial charge < -0.3 is 9.47 Å². The maximum absolute atomic E-state index is 13.7. The van der Waals surface area contributed by atoms with Crippen LogP contribution in [0.2, 0.25) is 0 Å². The van der Waals surface area contributed by atoms with Crippen LogP contribution < -0.4 is 0 Å². The fourth-order valence-corrected chi connectivity index (χ4v) is 8.00. The number of benzene rings is 3. The summed E-state index contributed by atoms with van der Waals surface area (Å²) < 4.78 is 12.5. The van der Waals surface area contributed by atoms with Gasteiger partial charge in [-0.3, -0.25) is 9.59 Å². The first-order chi connectivity index (χ1) is 18.5. The first-order valence-corrected chi connectivity index (χ1v) is 15.0. The van der Waals surface area contributed by atoms with Crippen LogP contribution in [0.15, 0.2) is 53.4 Å². The number of carbonyl (C=O) groups is 2. The molecule has 0 aliphatic heterocycles. The summed E-state index contributed by atoms with van der Waals surface area (Å²) in [5.74, 6) is 1.15. The number of ether oxygens (including phenoxy) is 2. The van der Waals surface area contributed by atoms with E-state index in [2.05, 4.69) is 42.5 Å². The highest BCUT2D eigenvalue weighted by Gasteiger charge is 2.57. The summed E-state index contributed by atoms with van der Waals surface area (Å²) in [4.78, 5) is 27.5. The number of carbonyl (C=O) groups excluding carboxylic acids is 2. The van der Waals surface area contributed by atoms with Crippen LogP contribution in [0.4, 0.5) is 0 Å². The average Bonchev–Trinajstić information content (AvgIpc) is 2.89. The van der Waals surface area contributed by atoms with Crippen molar-refractivity contribution in [1.29, 1.82) is 0 Å². The molecular formula is C34H40O4S. The number of rotatable bonds is 6. The number of esters is 2. The molecule has 0 radical (unpaired) electrons. The van der Waals surface area contributed by atoms with Gasteiger partial charge in [-0.15, -0.1) is 12.6 Å². The van der Waals surface area contributed by atoms with Gasteiger partial charge in [0, 0.05) is 4.90 Å². The molecule has 3 aromatic carbocycles. The molecule has 4 nitrogen and oxygen atoms in total. The van der Waals surface area contributed by atoms with E-state index < -0.39 is 11.0 Å². The Morgan fingerprint density at radius 3 is 2.13 bits per heavy atom. The van der Waals surface area contributed by atoms with E-state index in [0.717, 1.165) is 53.3 Å². The largest absolute Gasteiger partial charge is 0.461 e. The van der Waals surface area contributed by atoms with Crippen molar-refractivity contribution in [2.45, 2.75) is 83.3 Å². The van der Waals surface area contributed by atoms with Crippen LogP contribution in [0, 0.1) is 35.0 Å². The smallest absolute Gasteiger partial charge is 0.311 e. The summed E-state index contributed by atoms with van der Waals surface area (Å²) >= 11 is 4.79. The van der Waals surface area contributed by atoms with Crippen molar-refractivity contribution < 1.29 is 19.1 Å². The second kappa shape index (κ2) is 9.54. The molecule has 0 N–H and O–H groups in total. The van der Waals surface area contributed by atoms with Gasteiger partial charge in [-0.25, -0.2) is 0 Å². The Morgan fingerprint density at radius 1 is 0.846 bits per heavy atom. The highest BCUT2D eigenvalue weighted by Crippen LogP contribution is 2.58. The second-order valence-electron chi connectivity index (χ2n) is 13.4. The van der Waals surface area contributed by atoms with Gasteiger partial charge in [0.25, 0.3) is 0 Å². The van der Waals surface area contributed by atoms with Crippen LogP contribution in [0.5, 0.6) is 0 Å². The Hall–Kier alpha value is -2.53. The molecule has 39 heavy (non-hydrogen) atoms. The van der Waals surface area contributed by atoms with Crippen molar-refractivity contribution in [2.24, 2.45) is 35.0 Å². The van der Waals surface area contributed by atoms with E-state index in [1.165, 1.54) is 10.8 Å². The predicted octanol–water partition coefficient (Wildman–Crippen LogP) is 8.09. The molecule has 3 aromatic rings. The molecule has 4 saturated carbocycles. The van der Waals surface area contributed by atoms with E-state index in [0.29, 0.717) is 23.7 Å². The van der Waals surface area contributed by atoms with Gasteiger partial charge in [0.15, 0.2) is 0 Å². The van der Waals surface area contributed by atoms with Gasteiger partial charge in [-0.05, 0) is 123 Å². The molecule has 0 saturated heterocycles. The average molecular weight is 545 g/mol. The van der Waals surface area contributed by atoms with Crippen molar-refractivity contribution in [1.82, 2.24) is 0 Å². The van der Waals surface area contributed by atoms with E-state index >= 15 is 0 Å². The lowest BCUT2D eigenvalue weighted by Gasteiger charge is -2.56. The lowest BCUT2D eigenvalue weighted by atomic mass is 9.50. The summed E-state index contributed by atoms with van der Waals surface area (Å²) in [6.07, 6.45) is 4.57. The molecule has 4 aliphatic rings. The maximum atomic E-state index is 13.7. The SMILES string of the molecule is CCC(C)(C)C(=O)OC1C2CC3CC1CC(C2)C3C(=O)OC(C)(C)c1ccc2c(c1)c(S)cc1ccccc12. The fourth-order valence-electron chi connectivity index (χ4n) is 7.68. The summed E-state index contributed by atoms with van der Waals surface area (Å²) in [7, 11) is 0. The van der Waals surface area contributed by atoms with Crippen molar-refractivity contribution >= 4 is 46.1 Å². The van der Waals surface area contributed by atoms with E-state index in [9.17, 15) is 9.59 Å². The topological polar surface area (TPSA) is 52.6 Å². The summed E-state index contributed by atoms with van der Waals surface area (Å²) in [6.45, 7) is 9.95. The normalized spacial score (nSPS) is 28.2. The number of hydrogen-bond donors (Lipinski definition) is 1. The van der Waals surface area contributed by atoms with Crippen LogP contribution in [-0.4, -0.2) is 18.0 Å². The molecule has 0 spiro atoms. The fraction of sp³-hybridized carbons (Fsp3) is 0.529. The third kappa shape index (κ3) is 4.55. The van der Waals surface area contributed by atoms with E-state index in [-0.39, 0.29) is 24.0 Å². The van der Waals surface area contributed by atoms with Gasteiger partial charge in [-0.1, -0.05) is 43.3 Å². The van der Waals surface area contributed by atoms with Gasteiger partial charge in [-0.2, -0.15) is 0 Å². The Bertz CT molecular complexity index is 1420. The highest BCUT2D eigenvalue weighted by atomic mass is 32.1. The van der Waals surface area contributed by atoms with E-state index in [1.807, 2.05) is 40.7 Å². The zero-order valence-electron chi connectivity index (χ0n) is 23.7. The van der Waals surface area contributed by atoms with Gasteiger partial charge in [0.05, 0.1) is 11.3 Å². The van der Waals surface area contributed by atoms with Crippen LogP contribution in [0.1, 0.15) is 72.3 Å². The summed E-state index contributed by atoms with van der Waals surface area (Å²) in [6, 6.07) is 16.8. The minimum absolute atomic E-state index is 0.00773. The van der Waals surface area contributed by atoms with Crippen molar-refractivity contribution in [2.75, 3.05) is 0 Å². The molecule has 0 amide bonds. The highest BCUT2D eigenvalue weighted by molar-refractivity contribution is 7.80.